The van der Waals surface area contributed by atoms with E-state index in [1.807, 2.05) is 61.5 Å². The van der Waals surface area contributed by atoms with Gasteiger partial charge < -0.3 is 19.9 Å². The number of halogens is 3. The number of anilines is 2. The van der Waals surface area contributed by atoms with Gasteiger partial charge in [0.2, 0.25) is 5.91 Å². The Labute approximate surface area is 214 Å². The highest BCUT2D eigenvalue weighted by molar-refractivity contribution is 5.83. The second kappa shape index (κ2) is 10.00. The summed E-state index contributed by atoms with van der Waals surface area (Å²) in [5.41, 5.74) is 2.67. The Balaban J connectivity index is 1.45. The number of hydrogen-bond donors (Lipinski definition) is 1. The van der Waals surface area contributed by atoms with Crippen LogP contribution in [0.4, 0.5) is 24.5 Å². The van der Waals surface area contributed by atoms with Crippen LogP contribution in [0.2, 0.25) is 0 Å². The van der Waals surface area contributed by atoms with E-state index in [9.17, 15) is 18.0 Å². The number of piperazine rings is 1. The second-order valence-electron chi connectivity index (χ2n) is 9.70. The molecule has 1 N–H and O–H groups in total. The van der Waals surface area contributed by atoms with Gasteiger partial charge in [0.25, 0.3) is 0 Å². The highest BCUT2D eigenvalue weighted by Crippen LogP contribution is 2.40. The Hall–Kier alpha value is -3.68. The van der Waals surface area contributed by atoms with E-state index < -0.39 is 17.7 Å². The number of rotatable bonds is 5. The molecule has 0 aromatic heterocycles. The van der Waals surface area contributed by atoms with Gasteiger partial charge in [-0.05, 0) is 66.9 Å². The van der Waals surface area contributed by atoms with Crippen molar-refractivity contribution in [3.8, 4) is 5.75 Å². The molecule has 3 aromatic rings. The van der Waals surface area contributed by atoms with E-state index in [2.05, 4.69) is 15.1 Å². The second-order valence-corrected chi connectivity index (χ2v) is 9.70. The molecular weight excluding hydrogens is 479 g/mol. The maximum absolute atomic E-state index is 13.7. The Morgan fingerprint density at radius 2 is 1.76 bits per heavy atom. The van der Waals surface area contributed by atoms with Crippen molar-refractivity contribution in [3.63, 3.8) is 0 Å². The lowest BCUT2D eigenvalue weighted by atomic mass is 9.82. The number of methoxy groups -OCH3 is 1. The normalized spacial score (nSPS) is 20.0. The van der Waals surface area contributed by atoms with Crippen molar-refractivity contribution < 1.29 is 22.7 Å². The van der Waals surface area contributed by atoms with Crippen molar-refractivity contribution in [2.75, 3.05) is 36.5 Å². The van der Waals surface area contributed by atoms with E-state index in [-0.39, 0.29) is 24.4 Å². The van der Waals surface area contributed by atoms with Gasteiger partial charge >= 0.3 is 6.18 Å². The van der Waals surface area contributed by atoms with Gasteiger partial charge in [-0.2, -0.15) is 13.2 Å². The number of nitrogens with one attached hydrogen (secondary N) is 1. The van der Waals surface area contributed by atoms with Crippen molar-refractivity contribution in [1.82, 2.24) is 5.32 Å². The first kappa shape index (κ1) is 25.0. The van der Waals surface area contributed by atoms with Crippen LogP contribution >= 0.6 is 0 Å². The molecule has 0 unspecified atom stereocenters. The van der Waals surface area contributed by atoms with Gasteiger partial charge in [0.15, 0.2) is 0 Å². The van der Waals surface area contributed by atoms with Crippen molar-refractivity contribution in [3.05, 3.63) is 89.5 Å². The van der Waals surface area contributed by atoms with Crippen LogP contribution in [0.5, 0.6) is 5.75 Å². The van der Waals surface area contributed by atoms with Gasteiger partial charge in [-0.15, -0.1) is 0 Å². The lowest BCUT2D eigenvalue weighted by molar-refractivity contribution is -0.137. The molecule has 0 bridgehead atoms. The monoisotopic (exact) mass is 509 g/mol. The molecule has 0 spiro atoms. The van der Waals surface area contributed by atoms with Crippen LogP contribution in [0.15, 0.2) is 72.8 Å². The van der Waals surface area contributed by atoms with Crippen molar-refractivity contribution in [1.29, 1.82) is 0 Å². The first-order valence-electron chi connectivity index (χ1n) is 12.5. The molecule has 0 radical (unpaired) electrons. The smallest absolute Gasteiger partial charge is 0.416 e. The van der Waals surface area contributed by atoms with E-state index >= 15 is 0 Å². The molecule has 1 saturated heterocycles. The Morgan fingerprint density at radius 3 is 2.43 bits per heavy atom. The van der Waals surface area contributed by atoms with Gasteiger partial charge in [0, 0.05) is 31.0 Å². The molecule has 3 aromatic carbocycles. The number of fused-ring (bicyclic) bond motifs is 3. The average Bonchev–Trinajstić information content (AvgIpc) is 2.92. The van der Waals surface area contributed by atoms with Gasteiger partial charge in [-0.25, -0.2) is 0 Å². The summed E-state index contributed by atoms with van der Waals surface area (Å²) in [6.45, 7) is 3.81. The van der Waals surface area contributed by atoms with Gasteiger partial charge in [0.05, 0.1) is 30.7 Å². The van der Waals surface area contributed by atoms with E-state index in [0.29, 0.717) is 25.2 Å². The van der Waals surface area contributed by atoms with Crippen LogP contribution in [-0.2, 0) is 17.4 Å². The summed E-state index contributed by atoms with van der Waals surface area (Å²) in [7, 11) is 1.62. The van der Waals surface area contributed by atoms with Gasteiger partial charge in [-0.3, -0.25) is 4.79 Å². The summed E-state index contributed by atoms with van der Waals surface area (Å²) in [5.74, 6) is 0.121. The summed E-state index contributed by atoms with van der Waals surface area (Å²) in [5, 5.41) is 3.12. The van der Waals surface area contributed by atoms with Crippen molar-refractivity contribution in [2.45, 2.75) is 31.6 Å². The minimum absolute atomic E-state index is 0.147. The predicted molar refractivity (Wildman–Crippen MR) is 138 cm³/mol. The average molecular weight is 510 g/mol. The maximum atomic E-state index is 13.7. The van der Waals surface area contributed by atoms with E-state index in [1.165, 1.54) is 6.07 Å². The summed E-state index contributed by atoms with van der Waals surface area (Å²) >= 11 is 0. The number of ether oxygens (including phenoxy) is 1. The van der Waals surface area contributed by atoms with Crippen LogP contribution in [0, 0.1) is 5.92 Å². The zero-order valence-corrected chi connectivity index (χ0v) is 20.8. The highest BCUT2D eigenvalue weighted by Gasteiger charge is 2.43. The minimum atomic E-state index is -4.43. The predicted octanol–water partition coefficient (Wildman–Crippen LogP) is 5.46. The third kappa shape index (κ3) is 5.10. The number of carbonyl (C=O) groups excluding carboxylic acids is 1. The van der Waals surface area contributed by atoms with Crippen LogP contribution in [0.1, 0.15) is 29.7 Å². The number of hydrogen-bond acceptors (Lipinski definition) is 4. The summed E-state index contributed by atoms with van der Waals surface area (Å²) in [4.78, 5) is 18.0. The summed E-state index contributed by atoms with van der Waals surface area (Å²) in [6, 6.07) is 21.0. The molecule has 194 valence electrons. The van der Waals surface area contributed by atoms with Gasteiger partial charge in [0.1, 0.15) is 5.75 Å². The highest BCUT2D eigenvalue weighted by atomic mass is 19.4. The maximum Gasteiger partial charge on any atom is 0.416 e. The Bertz CT molecular complexity index is 1250. The summed E-state index contributed by atoms with van der Waals surface area (Å²) < 4.78 is 45.7. The van der Waals surface area contributed by atoms with Crippen molar-refractivity contribution >= 4 is 17.3 Å². The third-order valence-corrected chi connectivity index (χ3v) is 7.47. The lowest BCUT2D eigenvalue weighted by Crippen LogP contribution is -2.61. The molecule has 3 atom stereocenters. The number of alkyl halides is 3. The first-order chi connectivity index (χ1) is 17.7. The van der Waals surface area contributed by atoms with Crippen LogP contribution in [0.25, 0.3) is 0 Å². The number of nitrogens with zero attached hydrogens (tertiary/aromatic N) is 2. The topological polar surface area (TPSA) is 44.8 Å². The van der Waals surface area contributed by atoms with Crippen LogP contribution in [-0.4, -0.2) is 38.7 Å². The Morgan fingerprint density at radius 1 is 1.03 bits per heavy atom. The lowest BCUT2D eigenvalue weighted by Gasteiger charge is -2.50. The number of carbonyl (C=O) groups is 1. The van der Waals surface area contributed by atoms with Crippen molar-refractivity contribution in [2.24, 2.45) is 5.92 Å². The molecular formula is C29H30F3N3O2. The zero-order chi connectivity index (χ0) is 26.2. The molecule has 2 aliphatic rings. The Kier molecular flexibility index (Phi) is 6.75. The molecule has 37 heavy (non-hydrogen) atoms. The SMILES string of the molecule is COc1ccc(N2CCN3c4ccc(C(F)(F)F)cc4C[C@H](C(=O)N[C@H](C)c4ccccc4)[C@H]3C2)cc1. The zero-order valence-electron chi connectivity index (χ0n) is 20.8. The van der Waals surface area contributed by atoms with Crippen LogP contribution in [0.3, 0.4) is 0 Å². The summed E-state index contributed by atoms with van der Waals surface area (Å²) in [6.07, 6.45) is -4.18. The van der Waals surface area contributed by atoms with Gasteiger partial charge in [-0.1, -0.05) is 30.3 Å². The molecule has 0 aliphatic carbocycles. The molecule has 1 amide bonds. The van der Waals surface area contributed by atoms with E-state index in [1.54, 1.807) is 13.2 Å². The first-order valence-corrected chi connectivity index (χ1v) is 12.5. The van der Waals surface area contributed by atoms with E-state index in [4.69, 9.17) is 4.74 Å². The fraction of sp³-hybridized carbons (Fsp3) is 0.345. The molecule has 2 aliphatic heterocycles. The molecule has 5 rings (SSSR count). The number of benzene rings is 3. The fourth-order valence-corrected chi connectivity index (χ4v) is 5.47. The molecule has 0 saturated carbocycles. The molecule has 1 fully saturated rings. The van der Waals surface area contributed by atoms with E-state index in [0.717, 1.165) is 28.8 Å². The van der Waals surface area contributed by atoms with Crippen LogP contribution < -0.4 is 19.9 Å². The number of amides is 1. The molecule has 8 heteroatoms. The molecule has 2 heterocycles. The third-order valence-electron chi connectivity index (χ3n) is 7.47. The minimum Gasteiger partial charge on any atom is -0.497 e. The standard InChI is InChI=1S/C29H30F3N3O2/c1-19(20-6-4-3-5-7-20)33-28(36)25-17-21-16-22(29(30,31)32)8-13-26(21)35-15-14-34(18-27(25)35)23-9-11-24(37-2)12-10-23/h3-13,16,19,25,27H,14-15,17-18H2,1-2H3,(H,33,36)/t19-,25+,27-/m1/s1. The quantitative estimate of drug-likeness (QED) is 0.496. The largest absolute Gasteiger partial charge is 0.497 e. The molecule has 5 nitrogen and oxygen atoms in total. The fourth-order valence-electron chi connectivity index (χ4n) is 5.47.